The van der Waals surface area contributed by atoms with E-state index in [0.29, 0.717) is 25.7 Å². The third-order valence-corrected chi connectivity index (χ3v) is 12.1. The monoisotopic (exact) mass is 613 g/mol. The van der Waals surface area contributed by atoms with Crippen molar-refractivity contribution in [2.45, 2.75) is 120 Å². The average Bonchev–Trinajstić information content (AvgIpc) is 3.81. The molecule has 2 amide bonds. The maximum Gasteiger partial charge on any atom is 0.245 e. The molecule has 1 aromatic carbocycles. The van der Waals surface area contributed by atoms with Crippen molar-refractivity contribution in [3.63, 3.8) is 0 Å². The molecule has 2 heterocycles. The number of hydrogen-bond donors (Lipinski definition) is 3. The number of aliphatic hydroxyl groups is 1. The highest BCUT2D eigenvalue weighted by Gasteiger charge is 2.62. The Bertz CT molecular complexity index is 1400. The van der Waals surface area contributed by atoms with Crippen molar-refractivity contribution in [2.24, 2.45) is 11.3 Å². The van der Waals surface area contributed by atoms with Crippen LogP contribution in [0.2, 0.25) is 0 Å². The molecule has 2 saturated carbocycles. The molecule has 43 heavy (non-hydrogen) atoms. The lowest BCUT2D eigenvalue weighted by Gasteiger charge is -2.30. The van der Waals surface area contributed by atoms with Gasteiger partial charge in [0.2, 0.25) is 21.8 Å². The summed E-state index contributed by atoms with van der Waals surface area (Å²) in [6, 6.07) is 6.59. The average molecular weight is 614 g/mol. The zero-order chi connectivity index (χ0) is 31.2. The SMILES string of the molecule is CC(C)(C)c1cccc(N[C@H]2CCCCC/C=C\[C@H]3C[C@@]3(C(=O)NS(=O)(=O)C3(C)CC3)CC(=O)[C@@H]3C[C@@H](O)CN3C2=O)c1. The molecule has 2 aliphatic carbocycles. The van der Waals surface area contributed by atoms with Crippen molar-refractivity contribution in [1.29, 1.82) is 0 Å². The number of Topliss-reactive ketones (excluding diaryl/α,β-unsaturated/α-hetero) is 1. The van der Waals surface area contributed by atoms with E-state index in [9.17, 15) is 27.9 Å². The van der Waals surface area contributed by atoms with Crippen LogP contribution >= 0.6 is 0 Å². The second-order valence-electron chi connectivity index (χ2n) is 14.5. The van der Waals surface area contributed by atoms with Crippen LogP contribution in [0.4, 0.5) is 5.69 Å². The number of hydrogen-bond acceptors (Lipinski definition) is 7. The molecule has 0 spiro atoms. The number of allylic oxidation sites excluding steroid dienone is 2. The van der Waals surface area contributed by atoms with E-state index in [-0.39, 0.29) is 42.4 Å². The maximum absolute atomic E-state index is 14.1. The van der Waals surface area contributed by atoms with Gasteiger partial charge in [-0.1, -0.05) is 57.9 Å². The maximum atomic E-state index is 14.1. The predicted molar refractivity (Wildman–Crippen MR) is 166 cm³/mol. The smallest absolute Gasteiger partial charge is 0.245 e. The van der Waals surface area contributed by atoms with Crippen molar-refractivity contribution >= 4 is 33.3 Å². The van der Waals surface area contributed by atoms with Crippen LogP contribution in [0.15, 0.2) is 36.4 Å². The largest absolute Gasteiger partial charge is 0.391 e. The van der Waals surface area contributed by atoms with Gasteiger partial charge in [-0.05, 0) is 74.5 Å². The summed E-state index contributed by atoms with van der Waals surface area (Å²) in [5, 5.41) is 14.1. The highest BCUT2D eigenvalue weighted by molar-refractivity contribution is 7.91. The highest BCUT2D eigenvalue weighted by atomic mass is 32.2. The fraction of sp³-hybridized carbons (Fsp3) is 0.667. The molecule has 10 heteroatoms. The van der Waals surface area contributed by atoms with Gasteiger partial charge in [0, 0.05) is 25.1 Å². The Hall–Kier alpha value is -2.72. The van der Waals surface area contributed by atoms with E-state index in [1.54, 1.807) is 6.92 Å². The summed E-state index contributed by atoms with van der Waals surface area (Å²) in [4.78, 5) is 43.0. The molecule has 5 atom stereocenters. The van der Waals surface area contributed by atoms with Gasteiger partial charge in [0.25, 0.3) is 0 Å². The van der Waals surface area contributed by atoms with Gasteiger partial charge < -0.3 is 15.3 Å². The Morgan fingerprint density at radius 2 is 1.86 bits per heavy atom. The topological polar surface area (TPSA) is 133 Å². The number of carbonyl (C=O) groups is 3. The van der Waals surface area contributed by atoms with Gasteiger partial charge in [-0.2, -0.15) is 0 Å². The van der Waals surface area contributed by atoms with E-state index in [4.69, 9.17) is 0 Å². The molecule has 3 fully saturated rings. The molecule has 0 aromatic heterocycles. The number of nitrogens with zero attached hydrogens (tertiary/aromatic N) is 1. The van der Waals surface area contributed by atoms with Gasteiger partial charge in [-0.25, -0.2) is 8.42 Å². The molecule has 1 saturated heterocycles. The quantitative estimate of drug-likeness (QED) is 0.424. The van der Waals surface area contributed by atoms with E-state index in [1.165, 1.54) is 4.90 Å². The zero-order valence-electron chi connectivity index (χ0n) is 25.9. The predicted octanol–water partition coefficient (Wildman–Crippen LogP) is 4.21. The molecule has 0 radical (unpaired) electrons. The van der Waals surface area contributed by atoms with E-state index >= 15 is 0 Å². The molecule has 3 N–H and O–H groups in total. The number of sulfonamides is 1. The zero-order valence-corrected chi connectivity index (χ0v) is 26.7. The first-order chi connectivity index (χ1) is 20.2. The van der Waals surface area contributed by atoms with Gasteiger partial charge in [-0.15, -0.1) is 0 Å². The lowest BCUT2D eigenvalue weighted by Crippen LogP contribution is -2.49. The molecule has 5 rings (SSSR count). The molecule has 236 valence electrons. The van der Waals surface area contributed by atoms with E-state index < -0.39 is 44.3 Å². The van der Waals surface area contributed by atoms with Crippen LogP contribution in [0.5, 0.6) is 0 Å². The summed E-state index contributed by atoms with van der Waals surface area (Å²) in [7, 11) is -3.86. The first-order valence-electron chi connectivity index (χ1n) is 15.8. The van der Waals surface area contributed by atoms with Gasteiger partial charge in [0.05, 0.1) is 22.3 Å². The summed E-state index contributed by atoms with van der Waals surface area (Å²) in [5.74, 6) is -1.43. The first kappa shape index (κ1) is 31.7. The van der Waals surface area contributed by atoms with Gasteiger partial charge >= 0.3 is 0 Å². The van der Waals surface area contributed by atoms with Crippen LogP contribution in [0, 0.1) is 11.3 Å². The van der Waals surface area contributed by atoms with Crippen LogP contribution in [-0.2, 0) is 29.8 Å². The number of nitrogens with one attached hydrogen (secondary N) is 2. The van der Waals surface area contributed by atoms with E-state index in [0.717, 1.165) is 36.9 Å². The number of benzene rings is 1. The van der Waals surface area contributed by atoms with Crippen molar-refractivity contribution < 1.29 is 27.9 Å². The fourth-order valence-corrected chi connectivity index (χ4v) is 7.83. The molecule has 1 aromatic rings. The van der Waals surface area contributed by atoms with Crippen LogP contribution in [-0.4, -0.2) is 65.5 Å². The number of amides is 2. The third-order valence-electron chi connectivity index (χ3n) is 9.94. The lowest BCUT2D eigenvalue weighted by molar-refractivity contribution is -0.139. The normalized spacial score (nSPS) is 32.1. The Morgan fingerprint density at radius 1 is 1.12 bits per heavy atom. The molecule has 0 bridgehead atoms. The Morgan fingerprint density at radius 3 is 2.56 bits per heavy atom. The Balaban J connectivity index is 1.40. The van der Waals surface area contributed by atoms with Gasteiger partial charge in [0.15, 0.2) is 5.78 Å². The molecular weight excluding hydrogens is 566 g/mol. The van der Waals surface area contributed by atoms with Crippen LogP contribution in [0.1, 0.15) is 97.5 Å². The molecule has 4 aliphatic rings. The lowest BCUT2D eigenvalue weighted by atomic mass is 9.87. The van der Waals surface area contributed by atoms with E-state index in [1.807, 2.05) is 24.3 Å². The van der Waals surface area contributed by atoms with Crippen LogP contribution in [0.3, 0.4) is 0 Å². The van der Waals surface area contributed by atoms with Crippen molar-refractivity contribution in [3.8, 4) is 0 Å². The number of aliphatic hydroxyl groups excluding tert-OH is 1. The van der Waals surface area contributed by atoms with Crippen LogP contribution < -0.4 is 10.0 Å². The van der Waals surface area contributed by atoms with Crippen LogP contribution in [0.25, 0.3) is 0 Å². The van der Waals surface area contributed by atoms with Gasteiger partial charge in [-0.3, -0.25) is 19.1 Å². The summed E-state index contributed by atoms with van der Waals surface area (Å²) in [6.07, 6.45) is 8.48. The third kappa shape index (κ3) is 6.70. The van der Waals surface area contributed by atoms with Crippen molar-refractivity contribution in [1.82, 2.24) is 9.62 Å². The second kappa shape index (κ2) is 11.7. The summed E-state index contributed by atoms with van der Waals surface area (Å²) >= 11 is 0. The van der Waals surface area contributed by atoms with Gasteiger partial charge in [0.1, 0.15) is 6.04 Å². The Kier molecular flexibility index (Phi) is 8.59. The number of carbonyl (C=O) groups excluding carboxylic acids is 3. The molecule has 2 aliphatic heterocycles. The summed E-state index contributed by atoms with van der Waals surface area (Å²) in [6.45, 7) is 8.08. The van der Waals surface area contributed by atoms with E-state index in [2.05, 4.69) is 42.9 Å². The molecular formula is C33H47N3O6S. The van der Waals surface area contributed by atoms with Crippen molar-refractivity contribution in [3.05, 3.63) is 42.0 Å². The number of ketones is 1. The molecule has 9 nitrogen and oxygen atoms in total. The second-order valence-corrected chi connectivity index (χ2v) is 16.7. The first-order valence-corrected chi connectivity index (χ1v) is 17.3. The number of rotatable bonds is 5. The summed E-state index contributed by atoms with van der Waals surface area (Å²) in [5.41, 5.74) is 0.737. The minimum absolute atomic E-state index is 0.0463. The summed E-state index contributed by atoms with van der Waals surface area (Å²) < 4.78 is 27.2. The standard InChI is InChI=1S/C33H47N3O6S/c1-31(2,3)22-12-10-13-24(17-22)34-26-14-9-7-5-6-8-11-23-19-33(23,30(40)35-43(41,42)32(4)15-16-32)20-28(38)27-18-25(37)21-36(27)29(26)39/h8,10-13,17,23,25-27,34,37H,5-7,9,14-16,18-21H2,1-4H3,(H,35,40)/b11-8-/t23-,25+,26-,27-,33+/m0/s1. The highest BCUT2D eigenvalue weighted by Crippen LogP contribution is 2.57. The minimum atomic E-state index is -3.86. The van der Waals surface area contributed by atoms with Crippen molar-refractivity contribution in [2.75, 3.05) is 11.9 Å². The Labute approximate surface area is 255 Å². The minimum Gasteiger partial charge on any atom is -0.391 e. The molecule has 0 unspecified atom stereocenters. The fourth-order valence-electron chi connectivity index (χ4n) is 6.50. The number of fused-ring (bicyclic) bond motifs is 2. The number of anilines is 1.